The normalized spacial score (nSPS) is 23.6. The third-order valence-electron chi connectivity index (χ3n) is 4.82. The van der Waals surface area contributed by atoms with Gasteiger partial charge in [-0.1, -0.05) is 0 Å². The van der Waals surface area contributed by atoms with Crippen molar-refractivity contribution in [1.82, 2.24) is 9.55 Å². The van der Waals surface area contributed by atoms with Crippen molar-refractivity contribution in [2.45, 2.75) is 32.4 Å². The van der Waals surface area contributed by atoms with Gasteiger partial charge in [0.15, 0.2) is 0 Å². The van der Waals surface area contributed by atoms with E-state index in [0.717, 1.165) is 48.1 Å². The first-order valence-electron chi connectivity index (χ1n) is 8.66. The lowest BCUT2D eigenvalue weighted by Gasteiger charge is -2.11. The van der Waals surface area contributed by atoms with Crippen LogP contribution in [0.4, 0.5) is 5.69 Å². The first kappa shape index (κ1) is 14.5. The second kappa shape index (κ2) is 5.58. The summed E-state index contributed by atoms with van der Waals surface area (Å²) in [5, 5.41) is 3.28. The number of aromatic nitrogens is 2. The van der Waals surface area contributed by atoms with E-state index in [9.17, 15) is 0 Å². The molecule has 2 aromatic rings. The van der Waals surface area contributed by atoms with Crippen LogP contribution in [-0.4, -0.2) is 27.8 Å². The zero-order valence-electron chi connectivity index (χ0n) is 14.0. The molecule has 1 aliphatic carbocycles. The van der Waals surface area contributed by atoms with Crippen molar-refractivity contribution < 1.29 is 4.74 Å². The molecule has 5 rings (SSSR count). The first-order valence-corrected chi connectivity index (χ1v) is 8.66. The highest BCUT2D eigenvalue weighted by Crippen LogP contribution is 2.34. The average Bonchev–Trinajstić information content (AvgIpc) is 3.36. The number of anilines is 1. The predicted octanol–water partition coefficient (Wildman–Crippen LogP) is 3.26. The number of hydrogen-bond acceptors (Lipinski definition) is 5. The Bertz CT molecular complexity index is 906. The number of aryl methyl sites for hydroxylation is 1. The molecule has 3 heterocycles. The Morgan fingerprint density at radius 2 is 2.12 bits per heavy atom. The fourth-order valence-corrected chi connectivity index (χ4v) is 3.23. The predicted molar refractivity (Wildman–Crippen MR) is 98.1 cm³/mol. The van der Waals surface area contributed by atoms with Gasteiger partial charge in [0.2, 0.25) is 11.8 Å². The van der Waals surface area contributed by atoms with Crippen molar-refractivity contribution in [3.05, 3.63) is 47.9 Å². The van der Waals surface area contributed by atoms with Gasteiger partial charge in [-0.05, 0) is 50.1 Å². The van der Waals surface area contributed by atoms with Crippen LogP contribution in [0, 0.1) is 12.8 Å². The summed E-state index contributed by atoms with van der Waals surface area (Å²) >= 11 is 0. The lowest BCUT2D eigenvalue weighted by atomic mass is 10.1. The van der Waals surface area contributed by atoms with Gasteiger partial charge in [0.05, 0.1) is 12.2 Å². The highest BCUT2D eigenvalue weighted by Gasteiger charge is 2.38. The summed E-state index contributed by atoms with van der Waals surface area (Å²) in [6.07, 6.45) is 7.98. The number of fused-ring (bicyclic) bond motifs is 2. The molecule has 126 valence electrons. The molecule has 2 unspecified atom stereocenters. The fourth-order valence-electron chi connectivity index (χ4n) is 3.23. The molecule has 1 saturated carbocycles. The van der Waals surface area contributed by atoms with Crippen molar-refractivity contribution in [1.29, 1.82) is 0 Å². The SMILES string of the molecule is Cc1ncc2n1CCC=C(c1ccc(NC3=NC4CC4C=N3)cc1)O2. The Hall–Kier alpha value is -2.89. The minimum absolute atomic E-state index is 0.442. The number of nitrogens with one attached hydrogen (secondary N) is 1. The van der Waals surface area contributed by atoms with E-state index < -0.39 is 0 Å². The standard InChI is InChI=1S/C19H19N5O/c1-12-20-11-18-24(12)8-2-3-17(25-18)13-4-6-15(7-5-13)22-19-21-10-14-9-16(14)23-19/h3-7,10-11,14,16H,2,8-9H2,1H3,(H,22,23). The largest absolute Gasteiger partial charge is 0.439 e. The minimum Gasteiger partial charge on any atom is -0.439 e. The van der Waals surface area contributed by atoms with Crippen molar-refractivity contribution in [3.63, 3.8) is 0 Å². The van der Waals surface area contributed by atoms with Crippen LogP contribution in [0.25, 0.3) is 5.76 Å². The summed E-state index contributed by atoms with van der Waals surface area (Å²) in [5.41, 5.74) is 2.03. The van der Waals surface area contributed by atoms with Crippen LogP contribution in [0.15, 0.2) is 46.5 Å². The highest BCUT2D eigenvalue weighted by atomic mass is 16.5. The van der Waals surface area contributed by atoms with Gasteiger partial charge in [-0.3, -0.25) is 4.57 Å². The second-order valence-corrected chi connectivity index (χ2v) is 6.65. The van der Waals surface area contributed by atoms with Gasteiger partial charge < -0.3 is 10.1 Å². The molecule has 1 N–H and O–H groups in total. The topological polar surface area (TPSA) is 63.8 Å². The van der Waals surface area contributed by atoms with Crippen LogP contribution in [-0.2, 0) is 6.54 Å². The van der Waals surface area contributed by atoms with E-state index in [1.807, 2.05) is 25.3 Å². The van der Waals surface area contributed by atoms with Crippen LogP contribution >= 0.6 is 0 Å². The Balaban J connectivity index is 1.33. The van der Waals surface area contributed by atoms with Gasteiger partial charge in [0.1, 0.15) is 11.6 Å². The zero-order valence-corrected chi connectivity index (χ0v) is 14.0. The number of ether oxygens (including phenoxy) is 1. The molecule has 2 aliphatic heterocycles. The third kappa shape index (κ3) is 2.73. The van der Waals surface area contributed by atoms with Crippen molar-refractivity contribution >= 4 is 23.6 Å². The summed E-state index contributed by atoms with van der Waals surface area (Å²) < 4.78 is 8.17. The molecule has 6 nitrogen and oxygen atoms in total. The van der Waals surface area contributed by atoms with Gasteiger partial charge >= 0.3 is 0 Å². The lowest BCUT2D eigenvalue weighted by molar-refractivity contribution is 0.465. The lowest BCUT2D eigenvalue weighted by Crippen LogP contribution is -2.14. The van der Waals surface area contributed by atoms with E-state index in [-0.39, 0.29) is 0 Å². The third-order valence-corrected chi connectivity index (χ3v) is 4.82. The van der Waals surface area contributed by atoms with Crippen LogP contribution in [0.2, 0.25) is 0 Å². The molecule has 1 aromatic carbocycles. The van der Waals surface area contributed by atoms with Crippen LogP contribution in [0.1, 0.15) is 24.2 Å². The molecule has 25 heavy (non-hydrogen) atoms. The van der Waals surface area contributed by atoms with Crippen LogP contribution in [0.5, 0.6) is 5.88 Å². The second-order valence-electron chi connectivity index (χ2n) is 6.65. The molecule has 3 aliphatic rings. The average molecular weight is 333 g/mol. The number of nitrogens with zero attached hydrogens (tertiary/aromatic N) is 4. The first-order chi connectivity index (χ1) is 12.3. The van der Waals surface area contributed by atoms with E-state index in [1.165, 1.54) is 0 Å². The monoisotopic (exact) mass is 333 g/mol. The van der Waals surface area contributed by atoms with Crippen molar-refractivity contribution in [3.8, 4) is 5.88 Å². The number of hydrogen-bond donors (Lipinski definition) is 1. The summed E-state index contributed by atoms with van der Waals surface area (Å²) in [6.45, 7) is 2.89. The molecule has 0 spiro atoms. The maximum Gasteiger partial charge on any atom is 0.222 e. The van der Waals surface area contributed by atoms with Gasteiger partial charge in [-0.15, -0.1) is 0 Å². The quantitative estimate of drug-likeness (QED) is 0.917. The maximum absolute atomic E-state index is 6.07. The number of allylic oxidation sites excluding steroid dienone is 1. The van der Waals surface area contributed by atoms with Crippen LogP contribution < -0.4 is 10.1 Å². The molecular weight excluding hydrogens is 314 g/mol. The molecule has 6 heteroatoms. The van der Waals surface area contributed by atoms with Gasteiger partial charge in [0, 0.05) is 29.9 Å². The number of benzene rings is 1. The Morgan fingerprint density at radius 1 is 1.24 bits per heavy atom. The van der Waals surface area contributed by atoms with Crippen LogP contribution in [0.3, 0.4) is 0 Å². The van der Waals surface area contributed by atoms with E-state index in [1.54, 1.807) is 6.20 Å². The Labute approximate surface area is 146 Å². The summed E-state index contributed by atoms with van der Waals surface area (Å²) in [7, 11) is 0. The van der Waals surface area contributed by atoms with E-state index in [2.05, 4.69) is 43.1 Å². The van der Waals surface area contributed by atoms with E-state index >= 15 is 0 Å². The molecule has 0 saturated heterocycles. The molecule has 0 bridgehead atoms. The number of imidazole rings is 1. The zero-order chi connectivity index (χ0) is 16.8. The smallest absolute Gasteiger partial charge is 0.222 e. The van der Waals surface area contributed by atoms with Gasteiger partial charge in [-0.2, -0.15) is 0 Å². The minimum atomic E-state index is 0.442. The van der Waals surface area contributed by atoms with Gasteiger partial charge in [-0.25, -0.2) is 15.0 Å². The number of rotatable bonds is 2. The van der Waals surface area contributed by atoms with E-state index in [0.29, 0.717) is 17.9 Å². The Kier molecular flexibility index (Phi) is 3.23. The van der Waals surface area contributed by atoms with Gasteiger partial charge in [0.25, 0.3) is 0 Å². The maximum atomic E-state index is 6.07. The van der Waals surface area contributed by atoms with E-state index in [4.69, 9.17) is 4.74 Å². The van der Waals surface area contributed by atoms with Crippen molar-refractivity contribution in [2.24, 2.45) is 15.9 Å². The summed E-state index contributed by atoms with van der Waals surface area (Å²) in [6, 6.07) is 8.62. The fraction of sp³-hybridized carbons (Fsp3) is 0.316. The number of aliphatic imine (C=N–C) groups is 2. The molecular formula is C19H19N5O. The summed E-state index contributed by atoms with van der Waals surface area (Å²) in [4.78, 5) is 13.3. The highest BCUT2D eigenvalue weighted by molar-refractivity contribution is 6.01. The molecule has 1 aromatic heterocycles. The van der Waals surface area contributed by atoms with Crippen molar-refractivity contribution in [2.75, 3.05) is 5.32 Å². The summed E-state index contributed by atoms with van der Waals surface area (Å²) in [5.74, 6) is 3.93. The molecule has 0 amide bonds. The Morgan fingerprint density at radius 3 is 2.96 bits per heavy atom. The number of guanidine groups is 1. The molecule has 0 radical (unpaired) electrons. The molecule has 1 fully saturated rings. The molecule has 2 atom stereocenters.